The Balaban J connectivity index is 2.13. The monoisotopic (exact) mass is 376 g/mol. The average Bonchev–Trinajstić information content (AvgIpc) is 2.59. The van der Waals surface area contributed by atoms with Crippen LogP contribution in [0.3, 0.4) is 0 Å². The molecule has 28 heavy (non-hydrogen) atoms. The number of carboxylic acids is 1. The second kappa shape index (κ2) is 6.92. The lowest BCUT2D eigenvalue weighted by Gasteiger charge is -2.44. The van der Waals surface area contributed by atoms with Gasteiger partial charge in [0, 0.05) is 0 Å². The van der Waals surface area contributed by atoms with Crippen molar-refractivity contribution in [3.05, 3.63) is 69.3 Å². The van der Waals surface area contributed by atoms with E-state index in [0.29, 0.717) is 5.56 Å². The molecule has 0 heterocycles. The zero-order valence-electron chi connectivity index (χ0n) is 18.2. The van der Waals surface area contributed by atoms with E-state index < -0.39 is 5.97 Å². The van der Waals surface area contributed by atoms with Crippen molar-refractivity contribution in [3.63, 3.8) is 0 Å². The molecule has 2 heteroatoms. The Morgan fingerprint density at radius 2 is 1.57 bits per heavy atom. The zero-order valence-corrected chi connectivity index (χ0v) is 18.2. The molecule has 0 atom stereocenters. The third-order valence-corrected chi connectivity index (χ3v) is 6.49. The lowest BCUT2D eigenvalue weighted by atomic mass is 9.61. The van der Waals surface area contributed by atoms with Crippen LogP contribution in [0.2, 0.25) is 0 Å². The van der Waals surface area contributed by atoms with E-state index in [0.717, 1.165) is 5.56 Å². The Kier molecular flexibility index (Phi) is 5.04. The number of hydrogen-bond acceptors (Lipinski definition) is 1. The molecule has 1 N–H and O–H groups in total. The number of carbonyl (C=O) groups is 1. The van der Waals surface area contributed by atoms with E-state index in [-0.39, 0.29) is 10.8 Å². The van der Waals surface area contributed by atoms with Gasteiger partial charge in [-0.05, 0) is 95.5 Å². The van der Waals surface area contributed by atoms with E-state index in [9.17, 15) is 4.79 Å². The fraction of sp³-hybridized carbons (Fsp3) is 0.423. The lowest BCUT2D eigenvalue weighted by Crippen LogP contribution is -2.35. The Labute approximate surface area is 169 Å². The molecular formula is C26H32O2. The van der Waals surface area contributed by atoms with Gasteiger partial charge < -0.3 is 5.11 Å². The van der Waals surface area contributed by atoms with Gasteiger partial charge in [-0.2, -0.15) is 0 Å². The second-order valence-electron chi connectivity index (χ2n) is 9.64. The fourth-order valence-corrected chi connectivity index (χ4v) is 4.93. The van der Waals surface area contributed by atoms with Crippen LogP contribution < -0.4 is 0 Å². The van der Waals surface area contributed by atoms with Crippen molar-refractivity contribution in [2.24, 2.45) is 0 Å². The number of allylic oxidation sites excluding steroid dienone is 1. The first kappa shape index (κ1) is 20.4. The zero-order chi connectivity index (χ0) is 20.9. The fourth-order valence-electron chi connectivity index (χ4n) is 4.93. The molecule has 0 spiro atoms. The maximum Gasteiger partial charge on any atom is 0.335 e. The lowest BCUT2D eigenvalue weighted by molar-refractivity contribution is 0.0697. The number of hydrogen-bond donors (Lipinski definition) is 1. The SMILES string of the molecule is C/C(=C\c1ccc(C(=O)O)cc1)c1c(C)cc2c(c1C)C(C)(C)CCC2(C)C. The summed E-state index contributed by atoms with van der Waals surface area (Å²) in [5.74, 6) is -0.890. The first-order valence-electron chi connectivity index (χ1n) is 10.1. The molecule has 2 aromatic rings. The van der Waals surface area contributed by atoms with Crippen LogP contribution in [0.25, 0.3) is 11.6 Å². The third-order valence-electron chi connectivity index (χ3n) is 6.49. The van der Waals surface area contributed by atoms with Crippen LogP contribution in [0, 0.1) is 13.8 Å². The van der Waals surface area contributed by atoms with Gasteiger partial charge in [-0.1, -0.05) is 52.0 Å². The summed E-state index contributed by atoms with van der Waals surface area (Å²) in [6.07, 6.45) is 4.58. The molecule has 0 aromatic heterocycles. The predicted molar refractivity (Wildman–Crippen MR) is 118 cm³/mol. The Morgan fingerprint density at radius 3 is 2.14 bits per heavy atom. The average molecular weight is 377 g/mol. The van der Waals surface area contributed by atoms with E-state index in [2.05, 4.69) is 60.6 Å². The van der Waals surface area contributed by atoms with Gasteiger partial charge in [0.25, 0.3) is 0 Å². The largest absolute Gasteiger partial charge is 0.478 e. The molecule has 1 aliphatic carbocycles. The molecule has 0 bridgehead atoms. The summed E-state index contributed by atoms with van der Waals surface area (Å²) in [6, 6.07) is 9.49. The molecule has 0 saturated carbocycles. The Morgan fingerprint density at radius 1 is 1.00 bits per heavy atom. The second-order valence-corrected chi connectivity index (χ2v) is 9.64. The summed E-state index contributed by atoms with van der Waals surface area (Å²) in [4.78, 5) is 11.1. The van der Waals surface area contributed by atoms with Crippen molar-refractivity contribution in [3.8, 4) is 0 Å². The number of aromatic carboxylic acids is 1. The van der Waals surface area contributed by atoms with Crippen LogP contribution in [-0.2, 0) is 10.8 Å². The molecule has 2 aromatic carbocycles. The van der Waals surface area contributed by atoms with Gasteiger partial charge in [-0.3, -0.25) is 0 Å². The number of rotatable bonds is 3. The first-order valence-corrected chi connectivity index (χ1v) is 10.1. The van der Waals surface area contributed by atoms with Crippen LogP contribution in [0.1, 0.15) is 91.2 Å². The summed E-state index contributed by atoms with van der Waals surface area (Å²) in [5.41, 5.74) is 10.0. The quantitative estimate of drug-likeness (QED) is 0.591. The van der Waals surface area contributed by atoms with Gasteiger partial charge >= 0.3 is 5.97 Å². The molecular weight excluding hydrogens is 344 g/mol. The standard InChI is InChI=1S/C26H32O2/c1-16(14-19-8-10-20(11-9-19)24(27)28)22-17(2)15-21-23(18(22)3)26(6,7)13-12-25(21,4)5/h8-11,14-15H,12-13H2,1-7H3,(H,27,28)/b16-14+. The predicted octanol–water partition coefficient (Wildman–Crippen LogP) is 6.91. The van der Waals surface area contributed by atoms with E-state index in [1.165, 1.54) is 46.2 Å². The maximum atomic E-state index is 11.1. The topological polar surface area (TPSA) is 37.3 Å². The van der Waals surface area contributed by atoms with E-state index in [1.807, 2.05) is 12.1 Å². The van der Waals surface area contributed by atoms with Crippen LogP contribution in [-0.4, -0.2) is 11.1 Å². The van der Waals surface area contributed by atoms with Crippen molar-refractivity contribution in [2.45, 2.75) is 72.1 Å². The maximum absolute atomic E-state index is 11.1. The van der Waals surface area contributed by atoms with Crippen molar-refractivity contribution in [1.82, 2.24) is 0 Å². The number of fused-ring (bicyclic) bond motifs is 1. The van der Waals surface area contributed by atoms with Crippen LogP contribution in [0.15, 0.2) is 30.3 Å². The van der Waals surface area contributed by atoms with Gasteiger partial charge in [0.1, 0.15) is 0 Å². The summed E-state index contributed by atoms with van der Waals surface area (Å²) < 4.78 is 0. The molecule has 0 saturated heterocycles. The highest BCUT2D eigenvalue weighted by molar-refractivity contribution is 5.89. The third kappa shape index (κ3) is 3.53. The molecule has 0 amide bonds. The number of carboxylic acid groups (broad SMARTS) is 1. The van der Waals surface area contributed by atoms with Gasteiger partial charge in [0.05, 0.1) is 5.56 Å². The Hall–Kier alpha value is -2.35. The smallest absolute Gasteiger partial charge is 0.335 e. The summed E-state index contributed by atoms with van der Waals surface area (Å²) >= 11 is 0. The highest BCUT2D eigenvalue weighted by atomic mass is 16.4. The molecule has 148 valence electrons. The number of aryl methyl sites for hydroxylation is 1. The van der Waals surface area contributed by atoms with Crippen molar-refractivity contribution < 1.29 is 9.90 Å². The van der Waals surface area contributed by atoms with E-state index >= 15 is 0 Å². The van der Waals surface area contributed by atoms with E-state index in [4.69, 9.17) is 5.11 Å². The van der Waals surface area contributed by atoms with Crippen molar-refractivity contribution in [1.29, 1.82) is 0 Å². The van der Waals surface area contributed by atoms with Gasteiger partial charge in [-0.15, -0.1) is 0 Å². The molecule has 0 aliphatic heterocycles. The van der Waals surface area contributed by atoms with Crippen LogP contribution in [0.4, 0.5) is 0 Å². The van der Waals surface area contributed by atoms with Crippen molar-refractivity contribution in [2.75, 3.05) is 0 Å². The van der Waals surface area contributed by atoms with Crippen LogP contribution >= 0.6 is 0 Å². The minimum Gasteiger partial charge on any atom is -0.478 e. The summed E-state index contributed by atoms with van der Waals surface area (Å²) in [7, 11) is 0. The van der Waals surface area contributed by atoms with Crippen LogP contribution in [0.5, 0.6) is 0 Å². The van der Waals surface area contributed by atoms with Gasteiger partial charge in [0.2, 0.25) is 0 Å². The van der Waals surface area contributed by atoms with E-state index in [1.54, 1.807) is 12.1 Å². The molecule has 3 rings (SSSR count). The molecule has 0 unspecified atom stereocenters. The van der Waals surface area contributed by atoms with Crippen molar-refractivity contribution >= 4 is 17.6 Å². The minimum atomic E-state index is -0.890. The Bertz CT molecular complexity index is 957. The number of benzene rings is 2. The minimum absolute atomic E-state index is 0.181. The highest BCUT2D eigenvalue weighted by Crippen LogP contribution is 2.49. The summed E-state index contributed by atoms with van der Waals surface area (Å²) in [6.45, 7) is 16.1. The highest BCUT2D eigenvalue weighted by Gasteiger charge is 2.39. The summed E-state index contributed by atoms with van der Waals surface area (Å²) in [5, 5.41) is 9.10. The molecule has 2 nitrogen and oxygen atoms in total. The van der Waals surface area contributed by atoms with Gasteiger partial charge in [-0.25, -0.2) is 4.79 Å². The normalized spacial score (nSPS) is 17.9. The molecule has 0 fully saturated rings. The molecule has 1 aliphatic rings. The first-order chi connectivity index (χ1) is 12.9. The molecule has 0 radical (unpaired) electrons. The van der Waals surface area contributed by atoms with Gasteiger partial charge in [0.15, 0.2) is 0 Å².